The van der Waals surface area contributed by atoms with E-state index in [0.717, 1.165) is 17.9 Å². The Labute approximate surface area is 104 Å². The summed E-state index contributed by atoms with van der Waals surface area (Å²) < 4.78 is 0. The predicted molar refractivity (Wildman–Crippen MR) is 73.3 cm³/mol. The molecule has 0 radical (unpaired) electrons. The molecule has 2 N–H and O–H groups in total. The number of amides is 1. The summed E-state index contributed by atoms with van der Waals surface area (Å²) in [5, 5.41) is 6.23. The molecule has 0 aromatic heterocycles. The SMILES string of the molecule is CCC(=O)Nc1cccc(NCC(C)CC)c1. The zero-order valence-electron chi connectivity index (χ0n) is 10.9. The Morgan fingerprint density at radius 3 is 2.65 bits per heavy atom. The standard InChI is InChI=1S/C14H22N2O/c1-4-11(3)10-15-12-7-6-8-13(9-12)16-14(17)5-2/h6-9,11,15H,4-5,10H2,1-3H3,(H,16,17). The summed E-state index contributed by atoms with van der Waals surface area (Å²) in [4.78, 5) is 11.3. The second-order valence-electron chi connectivity index (χ2n) is 4.38. The predicted octanol–water partition coefficient (Wildman–Crippen LogP) is 3.49. The third kappa shape index (κ3) is 4.89. The molecule has 3 heteroatoms. The molecule has 1 aromatic rings. The van der Waals surface area contributed by atoms with E-state index in [1.54, 1.807) is 0 Å². The first-order chi connectivity index (χ1) is 8.15. The van der Waals surface area contributed by atoms with Crippen molar-refractivity contribution >= 4 is 17.3 Å². The smallest absolute Gasteiger partial charge is 0.224 e. The molecule has 0 fully saturated rings. The van der Waals surface area contributed by atoms with Gasteiger partial charge in [0.05, 0.1) is 0 Å². The molecular formula is C14H22N2O. The van der Waals surface area contributed by atoms with Gasteiger partial charge in [-0.2, -0.15) is 0 Å². The zero-order valence-corrected chi connectivity index (χ0v) is 10.9. The van der Waals surface area contributed by atoms with Gasteiger partial charge in [-0.15, -0.1) is 0 Å². The van der Waals surface area contributed by atoms with Crippen LogP contribution in [0, 0.1) is 5.92 Å². The number of hydrogen-bond acceptors (Lipinski definition) is 2. The first-order valence-electron chi connectivity index (χ1n) is 6.29. The molecule has 0 saturated carbocycles. The van der Waals surface area contributed by atoms with Gasteiger partial charge in [0.1, 0.15) is 0 Å². The molecular weight excluding hydrogens is 212 g/mol. The molecule has 0 saturated heterocycles. The van der Waals surface area contributed by atoms with Gasteiger partial charge < -0.3 is 10.6 Å². The van der Waals surface area contributed by atoms with Crippen molar-refractivity contribution in [2.75, 3.05) is 17.2 Å². The van der Waals surface area contributed by atoms with Gasteiger partial charge in [-0.1, -0.05) is 33.3 Å². The maximum absolute atomic E-state index is 11.3. The molecule has 0 aliphatic rings. The summed E-state index contributed by atoms with van der Waals surface area (Å²) in [5.74, 6) is 0.702. The minimum atomic E-state index is 0.0454. The molecule has 1 amide bonds. The third-order valence-electron chi connectivity index (χ3n) is 2.82. The maximum atomic E-state index is 11.3. The minimum Gasteiger partial charge on any atom is -0.385 e. The van der Waals surface area contributed by atoms with Crippen LogP contribution < -0.4 is 10.6 Å². The van der Waals surface area contributed by atoms with Gasteiger partial charge in [0.2, 0.25) is 5.91 Å². The van der Waals surface area contributed by atoms with E-state index in [2.05, 4.69) is 24.5 Å². The molecule has 0 aliphatic carbocycles. The van der Waals surface area contributed by atoms with Crippen LogP contribution in [0.25, 0.3) is 0 Å². The van der Waals surface area contributed by atoms with Crippen LogP contribution in [0.3, 0.4) is 0 Å². The number of hydrogen-bond donors (Lipinski definition) is 2. The summed E-state index contributed by atoms with van der Waals surface area (Å²) in [6.45, 7) is 7.21. The number of anilines is 2. The van der Waals surface area contributed by atoms with Gasteiger partial charge in [-0.05, 0) is 24.1 Å². The lowest BCUT2D eigenvalue weighted by atomic mass is 10.1. The molecule has 1 rings (SSSR count). The van der Waals surface area contributed by atoms with E-state index < -0.39 is 0 Å². The topological polar surface area (TPSA) is 41.1 Å². The fourth-order valence-corrected chi connectivity index (χ4v) is 1.39. The highest BCUT2D eigenvalue weighted by atomic mass is 16.1. The van der Waals surface area contributed by atoms with Gasteiger partial charge >= 0.3 is 0 Å². The van der Waals surface area contributed by atoms with Crippen molar-refractivity contribution in [2.24, 2.45) is 5.92 Å². The van der Waals surface area contributed by atoms with E-state index in [-0.39, 0.29) is 5.91 Å². The van der Waals surface area contributed by atoms with E-state index in [1.807, 2.05) is 31.2 Å². The van der Waals surface area contributed by atoms with Crippen LogP contribution in [-0.4, -0.2) is 12.5 Å². The summed E-state index contributed by atoms with van der Waals surface area (Å²) >= 11 is 0. The normalized spacial score (nSPS) is 11.9. The van der Waals surface area contributed by atoms with Crippen molar-refractivity contribution in [3.8, 4) is 0 Å². The minimum absolute atomic E-state index is 0.0454. The maximum Gasteiger partial charge on any atom is 0.224 e. The first kappa shape index (κ1) is 13.6. The highest BCUT2D eigenvalue weighted by Gasteiger charge is 2.01. The summed E-state index contributed by atoms with van der Waals surface area (Å²) in [7, 11) is 0. The van der Waals surface area contributed by atoms with E-state index in [9.17, 15) is 4.79 Å². The molecule has 1 aromatic carbocycles. The molecule has 0 heterocycles. The van der Waals surface area contributed by atoms with Crippen LogP contribution in [0.1, 0.15) is 33.6 Å². The molecule has 1 atom stereocenters. The number of rotatable bonds is 6. The fraction of sp³-hybridized carbons (Fsp3) is 0.500. The Bertz CT molecular complexity index is 363. The van der Waals surface area contributed by atoms with Crippen molar-refractivity contribution in [3.05, 3.63) is 24.3 Å². The van der Waals surface area contributed by atoms with Crippen LogP contribution in [0.2, 0.25) is 0 Å². The fourth-order valence-electron chi connectivity index (χ4n) is 1.39. The lowest BCUT2D eigenvalue weighted by Crippen LogP contribution is -2.12. The van der Waals surface area contributed by atoms with Crippen LogP contribution >= 0.6 is 0 Å². The van der Waals surface area contributed by atoms with Crippen molar-refractivity contribution in [3.63, 3.8) is 0 Å². The Hall–Kier alpha value is -1.51. The average Bonchev–Trinajstić information content (AvgIpc) is 2.36. The van der Waals surface area contributed by atoms with E-state index in [0.29, 0.717) is 12.3 Å². The van der Waals surface area contributed by atoms with Crippen LogP contribution in [0.5, 0.6) is 0 Å². The zero-order chi connectivity index (χ0) is 12.7. The number of carbonyl (C=O) groups excluding carboxylic acids is 1. The largest absolute Gasteiger partial charge is 0.385 e. The molecule has 0 spiro atoms. The van der Waals surface area contributed by atoms with Crippen molar-refractivity contribution in [1.29, 1.82) is 0 Å². The number of nitrogens with one attached hydrogen (secondary N) is 2. The van der Waals surface area contributed by atoms with E-state index >= 15 is 0 Å². The first-order valence-corrected chi connectivity index (χ1v) is 6.29. The lowest BCUT2D eigenvalue weighted by Gasteiger charge is -2.12. The van der Waals surface area contributed by atoms with Gasteiger partial charge in [0.25, 0.3) is 0 Å². The summed E-state index contributed by atoms with van der Waals surface area (Å²) in [6, 6.07) is 7.84. The van der Waals surface area contributed by atoms with Crippen LogP contribution in [0.4, 0.5) is 11.4 Å². The monoisotopic (exact) mass is 234 g/mol. The van der Waals surface area contributed by atoms with E-state index in [1.165, 1.54) is 6.42 Å². The Balaban J connectivity index is 2.56. The number of benzene rings is 1. The molecule has 0 aliphatic heterocycles. The second kappa shape index (κ2) is 6.94. The van der Waals surface area contributed by atoms with Crippen molar-refractivity contribution < 1.29 is 4.79 Å². The molecule has 94 valence electrons. The summed E-state index contributed by atoms with van der Waals surface area (Å²) in [6.07, 6.45) is 1.67. The second-order valence-corrected chi connectivity index (χ2v) is 4.38. The van der Waals surface area contributed by atoms with Crippen molar-refractivity contribution in [1.82, 2.24) is 0 Å². The Kier molecular flexibility index (Phi) is 5.53. The van der Waals surface area contributed by atoms with Crippen LogP contribution in [-0.2, 0) is 4.79 Å². The number of carbonyl (C=O) groups is 1. The summed E-state index contributed by atoms with van der Waals surface area (Å²) in [5.41, 5.74) is 1.91. The van der Waals surface area contributed by atoms with Crippen LogP contribution in [0.15, 0.2) is 24.3 Å². The average molecular weight is 234 g/mol. The van der Waals surface area contributed by atoms with Gasteiger partial charge in [-0.3, -0.25) is 4.79 Å². The molecule has 1 unspecified atom stereocenters. The van der Waals surface area contributed by atoms with Gasteiger partial charge in [0.15, 0.2) is 0 Å². The molecule has 17 heavy (non-hydrogen) atoms. The lowest BCUT2D eigenvalue weighted by molar-refractivity contribution is -0.115. The Morgan fingerprint density at radius 2 is 2.00 bits per heavy atom. The molecule has 0 bridgehead atoms. The quantitative estimate of drug-likeness (QED) is 0.791. The molecule has 3 nitrogen and oxygen atoms in total. The Morgan fingerprint density at radius 1 is 1.29 bits per heavy atom. The van der Waals surface area contributed by atoms with E-state index in [4.69, 9.17) is 0 Å². The highest BCUT2D eigenvalue weighted by Crippen LogP contribution is 2.16. The highest BCUT2D eigenvalue weighted by molar-refractivity contribution is 5.90. The van der Waals surface area contributed by atoms with Gasteiger partial charge in [-0.25, -0.2) is 0 Å². The third-order valence-corrected chi connectivity index (χ3v) is 2.82. The van der Waals surface area contributed by atoms with Gasteiger partial charge in [0, 0.05) is 24.3 Å². The van der Waals surface area contributed by atoms with Crippen molar-refractivity contribution in [2.45, 2.75) is 33.6 Å².